The van der Waals surface area contributed by atoms with Crippen molar-refractivity contribution in [3.8, 4) is 17.0 Å². The number of pyridine rings is 1. The van der Waals surface area contributed by atoms with Crippen molar-refractivity contribution in [2.24, 2.45) is 0 Å². The van der Waals surface area contributed by atoms with Crippen LogP contribution < -0.4 is 5.73 Å². The number of nitrogens with zero attached hydrogens (tertiary/aromatic N) is 2. The number of aromatic hydroxyl groups is 1. The summed E-state index contributed by atoms with van der Waals surface area (Å²) in [6, 6.07) is 8.65. The van der Waals surface area contributed by atoms with E-state index in [4.69, 9.17) is 5.73 Å². The number of anilines is 1. The van der Waals surface area contributed by atoms with Gasteiger partial charge in [0.2, 0.25) is 0 Å². The molecule has 1 aromatic carbocycles. The Kier molecular flexibility index (Phi) is 1.98. The molecule has 5 heteroatoms. The molecule has 2 heterocycles. The normalized spacial score (nSPS) is 10.8. The molecule has 4 N–H and O–H groups in total. The number of benzene rings is 1. The van der Waals surface area contributed by atoms with Crippen molar-refractivity contribution in [1.82, 2.24) is 15.2 Å². The number of phenolic OH excluding ortho intramolecular Hbond substituents is 1. The number of rotatable bonds is 1. The highest BCUT2D eigenvalue weighted by molar-refractivity contribution is 5.93. The number of nitrogens with two attached hydrogens (primary N) is 1. The lowest BCUT2D eigenvalue weighted by atomic mass is 10.1. The molecule has 0 saturated carbocycles. The lowest BCUT2D eigenvalue weighted by Gasteiger charge is -1.99. The summed E-state index contributed by atoms with van der Waals surface area (Å²) in [6.45, 7) is 0. The molecule has 0 bridgehead atoms. The largest absolute Gasteiger partial charge is 0.508 e. The van der Waals surface area contributed by atoms with Crippen molar-refractivity contribution >= 4 is 16.7 Å². The van der Waals surface area contributed by atoms with Crippen LogP contribution in [0.1, 0.15) is 0 Å². The van der Waals surface area contributed by atoms with E-state index in [0.717, 1.165) is 22.2 Å². The van der Waals surface area contributed by atoms with Gasteiger partial charge in [-0.3, -0.25) is 5.10 Å². The first-order chi connectivity index (χ1) is 8.24. The zero-order valence-electron chi connectivity index (χ0n) is 8.88. The molecule has 0 radical (unpaired) electrons. The van der Waals surface area contributed by atoms with Crippen LogP contribution in [0.2, 0.25) is 0 Å². The molecule has 2 aromatic heterocycles. The minimum absolute atomic E-state index is 0.210. The molecular formula is C12H10N4O. The van der Waals surface area contributed by atoms with Crippen LogP contribution in [0.15, 0.2) is 36.5 Å². The zero-order chi connectivity index (χ0) is 11.8. The van der Waals surface area contributed by atoms with Gasteiger partial charge in [-0.1, -0.05) is 0 Å². The van der Waals surface area contributed by atoms with Gasteiger partial charge in [0.05, 0.1) is 5.52 Å². The number of nitrogens with one attached hydrogen (secondary N) is 1. The van der Waals surface area contributed by atoms with E-state index in [2.05, 4.69) is 15.2 Å². The third-order valence-corrected chi connectivity index (χ3v) is 2.60. The summed E-state index contributed by atoms with van der Waals surface area (Å²) in [6.07, 6.45) is 1.63. The standard InChI is InChI=1S/C12H10N4O/c13-11-5-7(3-4-14-11)12-9-6-8(17)1-2-10(9)15-16-12/h1-6,17H,(H2,13,14)(H,15,16). The average Bonchev–Trinajstić information content (AvgIpc) is 2.71. The van der Waals surface area contributed by atoms with E-state index in [9.17, 15) is 5.11 Å². The van der Waals surface area contributed by atoms with Gasteiger partial charge in [0, 0.05) is 17.1 Å². The maximum Gasteiger partial charge on any atom is 0.123 e. The van der Waals surface area contributed by atoms with Crippen LogP contribution in [0.25, 0.3) is 22.2 Å². The molecule has 3 aromatic rings. The molecular weight excluding hydrogens is 216 g/mol. The number of phenols is 1. The SMILES string of the molecule is Nc1cc(-c2n[nH]c3ccc(O)cc23)ccn1. The molecule has 3 rings (SSSR count). The van der Waals surface area contributed by atoms with Crippen LogP contribution in [0, 0.1) is 0 Å². The fourth-order valence-electron chi connectivity index (χ4n) is 1.82. The van der Waals surface area contributed by atoms with Crippen LogP contribution in [0.5, 0.6) is 5.75 Å². The number of fused-ring (bicyclic) bond motifs is 1. The van der Waals surface area contributed by atoms with Crippen LogP contribution in [0.3, 0.4) is 0 Å². The van der Waals surface area contributed by atoms with Gasteiger partial charge in [-0.2, -0.15) is 5.10 Å². The average molecular weight is 226 g/mol. The number of nitrogen functional groups attached to an aromatic ring is 1. The van der Waals surface area contributed by atoms with E-state index >= 15 is 0 Å². The molecule has 0 fully saturated rings. The highest BCUT2D eigenvalue weighted by Crippen LogP contribution is 2.28. The number of hydrogen-bond donors (Lipinski definition) is 3. The maximum atomic E-state index is 9.50. The molecule has 17 heavy (non-hydrogen) atoms. The Morgan fingerprint density at radius 3 is 2.88 bits per heavy atom. The molecule has 0 aliphatic rings. The summed E-state index contributed by atoms with van der Waals surface area (Å²) >= 11 is 0. The second-order valence-corrected chi connectivity index (χ2v) is 3.77. The van der Waals surface area contributed by atoms with Gasteiger partial charge in [-0.25, -0.2) is 4.98 Å². The van der Waals surface area contributed by atoms with Crippen molar-refractivity contribution in [3.05, 3.63) is 36.5 Å². The van der Waals surface area contributed by atoms with E-state index in [1.54, 1.807) is 30.5 Å². The van der Waals surface area contributed by atoms with Crippen molar-refractivity contribution in [1.29, 1.82) is 0 Å². The highest BCUT2D eigenvalue weighted by Gasteiger charge is 2.08. The fourth-order valence-corrected chi connectivity index (χ4v) is 1.82. The quantitative estimate of drug-likeness (QED) is 0.591. The summed E-state index contributed by atoms with van der Waals surface area (Å²) in [4.78, 5) is 3.94. The summed E-state index contributed by atoms with van der Waals surface area (Å²) in [5, 5.41) is 17.5. The number of aromatic nitrogens is 3. The number of aromatic amines is 1. The minimum Gasteiger partial charge on any atom is -0.508 e. The summed E-state index contributed by atoms with van der Waals surface area (Å²) in [5.41, 5.74) is 8.13. The summed E-state index contributed by atoms with van der Waals surface area (Å²) in [5.74, 6) is 0.654. The Hall–Kier alpha value is -2.56. The van der Waals surface area contributed by atoms with E-state index in [1.807, 2.05) is 6.07 Å². The molecule has 5 nitrogen and oxygen atoms in total. The first-order valence-corrected chi connectivity index (χ1v) is 5.13. The number of hydrogen-bond acceptors (Lipinski definition) is 4. The Morgan fingerprint density at radius 2 is 2.06 bits per heavy atom. The first-order valence-electron chi connectivity index (χ1n) is 5.13. The second-order valence-electron chi connectivity index (χ2n) is 3.77. The molecule has 0 saturated heterocycles. The smallest absolute Gasteiger partial charge is 0.123 e. The van der Waals surface area contributed by atoms with Gasteiger partial charge in [0.25, 0.3) is 0 Å². The Labute approximate surface area is 96.9 Å². The minimum atomic E-state index is 0.210. The van der Waals surface area contributed by atoms with Gasteiger partial charge < -0.3 is 10.8 Å². The lowest BCUT2D eigenvalue weighted by molar-refractivity contribution is 0.476. The van der Waals surface area contributed by atoms with E-state index in [0.29, 0.717) is 5.82 Å². The number of H-pyrrole nitrogens is 1. The molecule has 84 valence electrons. The predicted octanol–water partition coefficient (Wildman–Crippen LogP) is 1.91. The fraction of sp³-hybridized carbons (Fsp3) is 0. The van der Waals surface area contributed by atoms with Crippen LogP contribution in [-0.4, -0.2) is 20.3 Å². The van der Waals surface area contributed by atoms with Crippen LogP contribution >= 0.6 is 0 Å². The van der Waals surface area contributed by atoms with Gasteiger partial charge in [-0.15, -0.1) is 0 Å². The van der Waals surface area contributed by atoms with Gasteiger partial charge in [-0.05, 0) is 30.3 Å². The Morgan fingerprint density at radius 1 is 1.18 bits per heavy atom. The molecule has 0 atom stereocenters. The topological polar surface area (TPSA) is 87.8 Å². The van der Waals surface area contributed by atoms with E-state index < -0.39 is 0 Å². The van der Waals surface area contributed by atoms with Gasteiger partial charge >= 0.3 is 0 Å². The third kappa shape index (κ3) is 1.57. The summed E-state index contributed by atoms with van der Waals surface area (Å²) < 4.78 is 0. The highest BCUT2D eigenvalue weighted by atomic mass is 16.3. The predicted molar refractivity (Wildman–Crippen MR) is 65.4 cm³/mol. The monoisotopic (exact) mass is 226 g/mol. The maximum absolute atomic E-state index is 9.50. The Bertz CT molecular complexity index is 690. The Balaban J connectivity index is 2.27. The molecule has 0 spiro atoms. The van der Waals surface area contributed by atoms with E-state index in [-0.39, 0.29) is 5.75 Å². The summed E-state index contributed by atoms with van der Waals surface area (Å²) in [7, 11) is 0. The lowest BCUT2D eigenvalue weighted by Crippen LogP contribution is -1.89. The van der Waals surface area contributed by atoms with E-state index in [1.165, 1.54) is 0 Å². The van der Waals surface area contributed by atoms with Crippen molar-refractivity contribution in [2.75, 3.05) is 5.73 Å². The van der Waals surface area contributed by atoms with Crippen LogP contribution in [0.4, 0.5) is 5.82 Å². The first kappa shape index (κ1) is 9.65. The second kappa shape index (κ2) is 3.48. The van der Waals surface area contributed by atoms with Crippen molar-refractivity contribution in [3.63, 3.8) is 0 Å². The van der Waals surface area contributed by atoms with Crippen LogP contribution in [-0.2, 0) is 0 Å². The molecule has 0 amide bonds. The van der Waals surface area contributed by atoms with Gasteiger partial charge in [0.15, 0.2) is 0 Å². The van der Waals surface area contributed by atoms with Crippen molar-refractivity contribution < 1.29 is 5.11 Å². The molecule has 0 aliphatic heterocycles. The van der Waals surface area contributed by atoms with Gasteiger partial charge in [0.1, 0.15) is 17.3 Å². The van der Waals surface area contributed by atoms with Crippen molar-refractivity contribution in [2.45, 2.75) is 0 Å². The molecule has 0 unspecified atom stereocenters. The third-order valence-electron chi connectivity index (χ3n) is 2.60. The molecule has 0 aliphatic carbocycles. The zero-order valence-corrected chi connectivity index (χ0v) is 8.88.